The predicted octanol–water partition coefficient (Wildman–Crippen LogP) is 0.192. The van der Waals surface area contributed by atoms with Crippen molar-refractivity contribution in [3.63, 3.8) is 0 Å². The minimum absolute atomic E-state index is 0.0970. The smallest absolute Gasteiger partial charge is 0.222 e. The summed E-state index contributed by atoms with van der Waals surface area (Å²) >= 11 is 0. The Kier molecular flexibility index (Phi) is 2.37. The summed E-state index contributed by atoms with van der Waals surface area (Å²) in [5, 5.41) is 3.47. The normalized spacial score (nSPS) is 11.8. The van der Waals surface area contributed by atoms with E-state index < -0.39 is 9.84 Å². The van der Waals surface area contributed by atoms with E-state index in [0.29, 0.717) is 5.69 Å². The Morgan fingerprint density at radius 1 is 1.67 bits per heavy atom. The predicted molar refractivity (Wildman–Crippen MR) is 44.1 cm³/mol. The van der Waals surface area contributed by atoms with Crippen LogP contribution in [0.5, 0.6) is 0 Å². The van der Waals surface area contributed by atoms with Crippen LogP contribution < -0.4 is 5.73 Å². The van der Waals surface area contributed by atoms with Gasteiger partial charge >= 0.3 is 0 Å². The van der Waals surface area contributed by atoms with Crippen LogP contribution in [0.15, 0.2) is 10.6 Å². The molecule has 0 fully saturated rings. The lowest BCUT2D eigenvalue weighted by Gasteiger charge is -1.94. The number of rotatable bonds is 3. The Bertz CT molecular complexity index is 355. The zero-order chi connectivity index (χ0) is 9.19. The van der Waals surface area contributed by atoms with Gasteiger partial charge in [-0.1, -0.05) is 12.1 Å². The fourth-order valence-electron chi connectivity index (χ4n) is 0.724. The SMILES string of the molecule is CCS(=O)(=O)Cc1cc(N)on1. The van der Waals surface area contributed by atoms with Crippen LogP contribution in [0.25, 0.3) is 0 Å². The Morgan fingerprint density at radius 3 is 2.75 bits per heavy atom. The van der Waals surface area contributed by atoms with Gasteiger partial charge in [0.15, 0.2) is 9.84 Å². The first kappa shape index (κ1) is 9.05. The molecule has 0 amide bonds. The fraction of sp³-hybridized carbons (Fsp3) is 0.500. The Morgan fingerprint density at radius 2 is 2.33 bits per heavy atom. The van der Waals surface area contributed by atoms with Crippen LogP contribution in [0.2, 0.25) is 0 Å². The monoisotopic (exact) mass is 190 g/mol. The molecule has 0 aliphatic rings. The number of aromatic nitrogens is 1. The highest BCUT2D eigenvalue weighted by Gasteiger charge is 2.11. The Hall–Kier alpha value is -1.04. The molecule has 0 unspecified atom stereocenters. The van der Waals surface area contributed by atoms with Gasteiger partial charge in [0.1, 0.15) is 5.69 Å². The van der Waals surface area contributed by atoms with Crippen molar-refractivity contribution in [2.45, 2.75) is 12.7 Å². The molecule has 1 aromatic rings. The quantitative estimate of drug-likeness (QED) is 0.735. The van der Waals surface area contributed by atoms with E-state index >= 15 is 0 Å². The van der Waals surface area contributed by atoms with Crippen molar-refractivity contribution in [2.24, 2.45) is 0 Å². The molecule has 5 nitrogen and oxygen atoms in total. The van der Waals surface area contributed by atoms with Crippen LogP contribution in [0, 0.1) is 0 Å². The lowest BCUT2D eigenvalue weighted by atomic mass is 10.5. The second-order valence-corrected chi connectivity index (χ2v) is 4.75. The number of anilines is 1. The number of nitrogens with two attached hydrogens (primary N) is 1. The molecule has 0 aliphatic heterocycles. The van der Waals surface area contributed by atoms with Crippen LogP contribution in [-0.4, -0.2) is 19.3 Å². The Balaban J connectivity index is 2.77. The minimum Gasteiger partial charge on any atom is -0.368 e. The average Bonchev–Trinajstić information content (AvgIpc) is 2.35. The number of nitrogens with zero attached hydrogens (tertiary/aromatic N) is 1. The summed E-state index contributed by atoms with van der Waals surface area (Å²) in [5.41, 5.74) is 5.57. The molecule has 0 spiro atoms. The van der Waals surface area contributed by atoms with Gasteiger partial charge in [-0.3, -0.25) is 0 Å². The third-order valence-electron chi connectivity index (χ3n) is 1.38. The van der Waals surface area contributed by atoms with Crippen LogP contribution in [0.3, 0.4) is 0 Å². The lowest BCUT2D eigenvalue weighted by Crippen LogP contribution is -2.06. The molecule has 0 aromatic carbocycles. The van der Waals surface area contributed by atoms with Gasteiger partial charge in [-0.15, -0.1) is 0 Å². The largest absolute Gasteiger partial charge is 0.368 e. The second kappa shape index (κ2) is 3.14. The van der Waals surface area contributed by atoms with Crippen molar-refractivity contribution in [1.82, 2.24) is 5.16 Å². The Labute approximate surface area is 70.5 Å². The molecular formula is C6H10N2O3S. The van der Waals surface area contributed by atoms with Crippen LogP contribution in [0.1, 0.15) is 12.6 Å². The molecule has 1 aromatic heterocycles. The molecule has 0 bridgehead atoms. The van der Waals surface area contributed by atoms with Crippen molar-refractivity contribution < 1.29 is 12.9 Å². The van der Waals surface area contributed by atoms with E-state index in [4.69, 9.17) is 5.73 Å². The van der Waals surface area contributed by atoms with Gasteiger partial charge in [0, 0.05) is 11.8 Å². The number of nitrogen functional groups attached to an aromatic ring is 1. The van der Waals surface area contributed by atoms with Crippen molar-refractivity contribution in [3.05, 3.63) is 11.8 Å². The van der Waals surface area contributed by atoms with Gasteiger partial charge in [-0.2, -0.15) is 0 Å². The summed E-state index contributed by atoms with van der Waals surface area (Å²) in [6.45, 7) is 1.58. The molecule has 0 atom stereocenters. The van der Waals surface area contributed by atoms with E-state index in [9.17, 15) is 8.42 Å². The molecule has 6 heteroatoms. The summed E-state index contributed by atoms with van der Waals surface area (Å²) in [7, 11) is -3.04. The van der Waals surface area contributed by atoms with Crippen molar-refractivity contribution in [3.8, 4) is 0 Å². The molecule has 68 valence electrons. The van der Waals surface area contributed by atoms with E-state index in [0.717, 1.165) is 0 Å². The van der Waals surface area contributed by atoms with E-state index in [-0.39, 0.29) is 17.4 Å². The second-order valence-electron chi connectivity index (χ2n) is 2.40. The fourth-order valence-corrected chi connectivity index (χ4v) is 1.51. The van der Waals surface area contributed by atoms with Crippen LogP contribution >= 0.6 is 0 Å². The lowest BCUT2D eigenvalue weighted by molar-refractivity contribution is 0.430. The third kappa shape index (κ3) is 2.23. The number of hydrogen-bond donors (Lipinski definition) is 1. The molecule has 0 saturated heterocycles. The maximum atomic E-state index is 11.1. The molecule has 0 saturated carbocycles. The molecule has 1 rings (SSSR count). The highest BCUT2D eigenvalue weighted by molar-refractivity contribution is 7.90. The van der Waals surface area contributed by atoms with Gasteiger partial charge in [0.25, 0.3) is 0 Å². The van der Waals surface area contributed by atoms with Gasteiger partial charge < -0.3 is 10.3 Å². The first-order valence-corrected chi connectivity index (χ1v) is 5.27. The summed E-state index contributed by atoms with van der Waals surface area (Å²) < 4.78 is 26.6. The van der Waals surface area contributed by atoms with E-state index in [1.807, 2.05) is 0 Å². The standard InChI is InChI=1S/C6H10N2O3S/c1-2-12(9,10)4-5-3-6(7)11-8-5/h3H,2,4,7H2,1H3. The first-order chi connectivity index (χ1) is 5.53. The highest BCUT2D eigenvalue weighted by Crippen LogP contribution is 2.08. The van der Waals surface area contributed by atoms with Gasteiger partial charge in [-0.05, 0) is 0 Å². The third-order valence-corrected chi connectivity index (χ3v) is 3.00. The summed E-state index contributed by atoms with van der Waals surface area (Å²) in [4.78, 5) is 0. The van der Waals surface area contributed by atoms with Crippen LogP contribution in [-0.2, 0) is 15.6 Å². The molecule has 1 heterocycles. The van der Waals surface area contributed by atoms with E-state index in [2.05, 4.69) is 9.68 Å². The average molecular weight is 190 g/mol. The molecule has 2 N–H and O–H groups in total. The topological polar surface area (TPSA) is 86.2 Å². The maximum absolute atomic E-state index is 11.1. The van der Waals surface area contributed by atoms with E-state index in [1.54, 1.807) is 6.92 Å². The molecule has 12 heavy (non-hydrogen) atoms. The molecular weight excluding hydrogens is 180 g/mol. The van der Waals surface area contributed by atoms with Gasteiger partial charge in [0.05, 0.1) is 5.75 Å². The summed E-state index contributed by atoms with van der Waals surface area (Å²) in [5.74, 6) is 0.126. The minimum atomic E-state index is -3.04. The van der Waals surface area contributed by atoms with Crippen molar-refractivity contribution in [2.75, 3.05) is 11.5 Å². The van der Waals surface area contributed by atoms with Gasteiger partial charge in [-0.25, -0.2) is 8.42 Å². The van der Waals surface area contributed by atoms with Gasteiger partial charge in [0.2, 0.25) is 5.88 Å². The van der Waals surface area contributed by atoms with E-state index in [1.165, 1.54) is 6.07 Å². The van der Waals surface area contributed by atoms with Crippen molar-refractivity contribution in [1.29, 1.82) is 0 Å². The highest BCUT2D eigenvalue weighted by atomic mass is 32.2. The maximum Gasteiger partial charge on any atom is 0.222 e. The molecule has 0 radical (unpaired) electrons. The summed E-state index contributed by atoms with van der Waals surface area (Å²) in [6.07, 6.45) is 0. The van der Waals surface area contributed by atoms with Crippen LogP contribution in [0.4, 0.5) is 5.88 Å². The zero-order valence-electron chi connectivity index (χ0n) is 6.65. The first-order valence-electron chi connectivity index (χ1n) is 3.45. The number of sulfone groups is 1. The van der Waals surface area contributed by atoms with Crippen molar-refractivity contribution >= 4 is 15.7 Å². The molecule has 0 aliphatic carbocycles. The zero-order valence-corrected chi connectivity index (χ0v) is 7.47. The number of hydrogen-bond acceptors (Lipinski definition) is 5. The summed E-state index contributed by atoms with van der Waals surface area (Å²) in [6, 6.07) is 1.41.